The second-order valence-corrected chi connectivity index (χ2v) is 4.03. The largest absolute Gasteiger partial charge is 0.393 e. The van der Waals surface area contributed by atoms with Gasteiger partial charge in [-0.05, 0) is 31.6 Å². The van der Waals surface area contributed by atoms with E-state index in [2.05, 4.69) is 20.8 Å². The molecule has 0 aliphatic heterocycles. The summed E-state index contributed by atoms with van der Waals surface area (Å²) in [6.07, 6.45) is 3.69. The van der Waals surface area contributed by atoms with Crippen LogP contribution in [0.15, 0.2) is 0 Å². The zero-order chi connectivity index (χ0) is 10.1. The first kappa shape index (κ1) is 12.9. The van der Waals surface area contributed by atoms with Crippen LogP contribution >= 0.6 is 0 Å². The van der Waals surface area contributed by atoms with Gasteiger partial charge >= 0.3 is 0 Å². The maximum Gasteiger partial charge on any atom is 0.0562 e. The highest BCUT2D eigenvalue weighted by atomic mass is 16.5. The van der Waals surface area contributed by atoms with Gasteiger partial charge in [0.1, 0.15) is 0 Å². The van der Waals surface area contributed by atoms with E-state index in [-0.39, 0.29) is 6.10 Å². The van der Waals surface area contributed by atoms with Crippen LogP contribution < -0.4 is 0 Å². The van der Waals surface area contributed by atoms with Crippen LogP contribution in [0.1, 0.15) is 46.5 Å². The lowest BCUT2D eigenvalue weighted by molar-refractivity contribution is 0.0758. The van der Waals surface area contributed by atoms with Crippen LogP contribution in [0.5, 0.6) is 0 Å². The summed E-state index contributed by atoms with van der Waals surface area (Å²) in [4.78, 5) is 0. The summed E-state index contributed by atoms with van der Waals surface area (Å²) in [5.74, 6) is 0.686. The van der Waals surface area contributed by atoms with Crippen molar-refractivity contribution in [1.29, 1.82) is 0 Å². The van der Waals surface area contributed by atoms with Gasteiger partial charge in [-0.2, -0.15) is 0 Å². The first-order valence-electron chi connectivity index (χ1n) is 5.42. The van der Waals surface area contributed by atoms with E-state index in [0.29, 0.717) is 12.5 Å². The monoisotopic (exact) mass is 188 g/mol. The fourth-order valence-electron chi connectivity index (χ4n) is 1.14. The standard InChI is InChI=1S/C11H24O2/c1-4-8-13-9-7-11(12)6-5-10(2)3/h10-12H,4-9H2,1-3H3. The Morgan fingerprint density at radius 1 is 1.08 bits per heavy atom. The summed E-state index contributed by atoms with van der Waals surface area (Å²) in [7, 11) is 0. The summed E-state index contributed by atoms with van der Waals surface area (Å²) in [6.45, 7) is 7.97. The van der Waals surface area contributed by atoms with Crippen molar-refractivity contribution in [2.24, 2.45) is 5.92 Å². The molecule has 80 valence electrons. The van der Waals surface area contributed by atoms with Crippen molar-refractivity contribution in [3.05, 3.63) is 0 Å². The van der Waals surface area contributed by atoms with Gasteiger partial charge in [0.25, 0.3) is 0 Å². The molecular weight excluding hydrogens is 164 g/mol. The van der Waals surface area contributed by atoms with E-state index < -0.39 is 0 Å². The van der Waals surface area contributed by atoms with Gasteiger partial charge in [0.05, 0.1) is 6.10 Å². The van der Waals surface area contributed by atoms with Crippen molar-refractivity contribution in [2.45, 2.75) is 52.6 Å². The van der Waals surface area contributed by atoms with E-state index in [0.717, 1.165) is 32.3 Å². The van der Waals surface area contributed by atoms with Crippen molar-refractivity contribution in [3.63, 3.8) is 0 Å². The van der Waals surface area contributed by atoms with E-state index in [9.17, 15) is 5.11 Å². The lowest BCUT2D eigenvalue weighted by Gasteiger charge is -2.11. The minimum Gasteiger partial charge on any atom is -0.393 e. The first-order chi connectivity index (χ1) is 6.16. The summed E-state index contributed by atoms with van der Waals surface area (Å²) in [5, 5.41) is 9.52. The van der Waals surface area contributed by atoms with Crippen molar-refractivity contribution in [2.75, 3.05) is 13.2 Å². The Morgan fingerprint density at radius 3 is 2.31 bits per heavy atom. The molecule has 0 radical (unpaired) electrons. The number of hydrogen-bond donors (Lipinski definition) is 1. The summed E-state index contributed by atoms with van der Waals surface area (Å²) >= 11 is 0. The normalized spacial score (nSPS) is 13.6. The first-order valence-corrected chi connectivity index (χ1v) is 5.42. The molecule has 0 aromatic heterocycles. The molecule has 0 fully saturated rings. The Balaban J connectivity index is 3.15. The third kappa shape index (κ3) is 9.84. The predicted molar refractivity (Wildman–Crippen MR) is 55.8 cm³/mol. The highest BCUT2D eigenvalue weighted by molar-refractivity contribution is 4.57. The van der Waals surface area contributed by atoms with E-state index in [4.69, 9.17) is 4.74 Å². The molecule has 2 heteroatoms. The molecule has 0 aliphatic carbocycles. The highest BCUT2D eigenvalue weighted by Gasteiger charge is 2.04. The average molecular weight is 188 g/mol. The molecule has 0 amide bonds. The van der Waals surface area contributed by atoms with Gasteiger partial charge in [0.2, 0.25) is 0 Å². The average Bonchev–Trinajstić information content (AvgIpc) is 2.09. The number of hydrogen-bond acceptors (Lipinski definition) is 2. The molecule has 1 unspecified atom stereocenters. The van der Waals surface area contributed by atoms with Crippen molar-refractivity contribution in [1.82, 2.24) is 0 Å². The fourth-order valence-corrected chi connectivity index (χ4v) is 1.14. The molecule has 0 rings (SSSR count). The minimum absolute atomic E-state index is 0.167. The van der Waals surface area contributed by atoms with Crippen molar-refractivity contribution >= 4 is 0 Å². The number of aliphatic hydroxyl groups is 1. The van der Waals surface area contributed by atoms with Gasteiger partial charge in [-0.25, -0.2) is 0 Å². The van der Waals surface area contributed by atoms with Gasteiger partial charge in [-0.3, -0.25) is 0 Å². The predicted octanol–water partition coefficient (Wildman–Crippen LogP) is 2.60. The molecule has 0 heterocycles. The maximum absolute atomic E-state index is 9.52. The number of aliphatic hydroxyl groups excluding tert-OH is 1. The van der Waals surface area contributed by atoms with Crippen LogP contribution in [0, 0.1) is 5.92 Å². The Bertz CT molecular complexity index is 102. The molecule has 0 saturated carbocycles. The van der Waals surface area contributed by atoms with Crippen LogP contribution in [0.25, 0.3) is 0 Å². The lowest BCUT2D eigenvalue weighted by atomic mass is 10.0. The van der Waals surface area contributed by atoms with Crippen LogP contribution in [0.2, 0.25) is 0 Å². The molecule has 0 aliphatic rings. The van der Waals surface area contributed by atoms with Gasteiger partial charge in [0.15, 0.2) is 0 Å². The Kier molecular flexibility index (Phi) is 8.46. The third-order valence-corrected chi connectivity index (χ3v) is 2.02. The third-order valence-electron chi connectivity index (χ3n) is 2.02. The van der Waals surface area contributed by atoms with Gasteiger partial charge in [-0.15, -0.1) is 0 Å². The van der Waals surface area contributed by atoms with Crippen LogP contribution in [0.4, 0.5) is 0 Å². The second-order valence-electron chi connectivity index (χ2n) is 4.03. The summed E-state index contributed by atoms with van der Waals surface area (Å²) < 4.78 is 5.30. The summed E-state index contributed by atoms with van der Waals surface area (Å²) in [5.41, 5.74) is 0. The molecule has 1 atom stereocenters. The Labute approximate surface area is 82.3 Å². The molecule has 0 bridgehead atoms. The molecule has 0 saturated heterocycles. The molecule has 13 heavy (non-hydrogen) atoms. The summed E-state index contributed by atoms with van der Waals surface area (Å²) in [6, 6.07) is 0. The fraction of sp³-hybridized carbons (Fsp3) is 1.00. The molecule has 0 aromatic rings. The maximum atomic E-state index is 9.52. The topological polar surface area (TPSA) is 29.5 Å². The highest BCUT2D eigenvalue weighted by Crippen LogP contribution is 2.08. The van der Waals surface area contributed by atoms with Gasteiger partial charge in [0, 0.05) is 13.2 Å². The quantitative estimate of drug-likeness (QED) is 0.593. The van der Waals surface area contributed by atoms with Gasteiger partial charge in [-0.1, -0.05) is 20.8 Å². The minimum atomic E-state index is -0.167. The van der Waals surface area contributed by atoms with Crippen molar-refractivity contribution in [3.8, 4) is 0 Å². The second kappa shape index (κ2) is 8.52. The molecule has 0 spiro atoms. The lowest BCUT2D eigenvalue weighted by Crippen LogP contribution is -2.11. The zero-order valence-corrected chi connectivity index (χ0v) is 9.25. The van der Waals surface area contributed by atoms with Crippen LogP contribution in [0.3, 0.4) is 0 Å². The Morgan fingerprint density at radius 2 is 1.77 bits per heavy atom. The molecular formula is C11H24O2. The number of ether oxygens (including phenoxy) is 1. The smallest absolute Gasteiger partial charge is 0.0562 e. The molecule has 0 aromatic carbocycles. The molecule has 1 N–H and O–H groups in total. The van der Waals surface area contributed by atoms with Gasteiger partial charge < -0.3 is 9.84 Å². The van der Waals surface area contributed by atoms with E-state index in [1.807, 2.05) is 0 Å². The molecule has 2 nitrogen and oxygen atoms in total. The van der Waals surface area contributed by atoms with E-state index >= 15 is 0 Å². The van der Waals surface area contributed by atoms with Crippen LogP contribution in [-0.2, 0) is 4.74 Å². The van der Waals surface area contributed by atoms with E-state index in [1.165, 1.54) is 0 Å². The van der Waals surface area contributed by atoms with Crippen LogP contribution in [-0.4, -0.2) is 24.4 Å². The number of rotatable bonds is 8. The Hall–Kier alpha value is -0.0800. The van der Waals surface area contributed by atoms with Crippen molar-refractivity contribution < 1.29 is 9.84 Å². The SMILES string of the molecule is CCCOCCC(O)CCC(C)C. The zero-order valence-electron chi connectivity index (χ0n) is 9.25. The van der Waals surface area contributed by atoms with E-state index in [1.54, 1.807) is 0 Å².